The van der Waals surface area contributed by atoms with Crippen LogP contribution in [0.1, 0.15) is 58.3 Å². The molecule has 0 spiro atoms. The van der Waals surface area contributed by atoms with Gasteiger partial charge in [0.2, 0.25) is 0 Å². The Morgan fingerprint density at radius 2 is 1.59 bits per heavy atom. The Morgan fingerprint density at radius 3 is 2.12 bits per heavy atom. The molecule has 4 nitrogen and oxygen atoms in total. The van der Waals surface area contributed by atoms with Crippen molar-refractivity contribution in [3.05, 3.63) is 0 Å². The summed E-state index contributed by atoms with van der Waals surface area (Å²) in [5.74, 6) is -0.245. The Bertz CT molecular complexity index is 254. The molecule has 0 radical (unpaired) electrons. The molecule has 0 aliphatic rings. The molecule has 6 heteroatoms. The van der Waals surface area contributed by atoms with E-state index in [9.17, 15) is 18.1 Å². The van der Waals surface area contributed by atoms with Crippen LogP contribution in [0.15, 0.2) is 0 Å². The van der Waals surface area contributed by atoms with Gasteiger partial charge >= 0.3 is 51.4 Å². The summed E-state index contributed by atoms with van der Waals surface area (Å²) in [4.78, 5) is 0. The van der Waals surface area contributed by atoms with E-state index in [0.717, 1.165) is 44.9 Å². The van der Waals surface area contributed by atoms with Gasteiger partial charge in [0.25, 0.3) is 0 Å². The van der Waals surface area contributed by atoms with Gasteiger partial charge in [-0.25, -0.2) is 8.42 Å². The van der Waals surface area contributed by atoms with Gasteiger partial charge in [-0.15, -0.1) is 0 Å². The SMILES string of the molecule is CCCC(O)CCCCCCCS(=O)(=O)[O-].[K+]. The summed E-state index contributed by atoms with van der Waals surface area (Å²) < 4.78 is 30.9. The van der Waals surface area contributed by atoms with Crippen LogP contribution in [-0.4, -0.2) is 29.9 Å². The molecule has 0 saturated carbocycles. The maximum atomic E-state index is 10.3. The zero-order valence-corrected chi connectivity index (χ0v) is 15.0. The summed E-state index contributed by atoms with van der Waals surface area (Å²) in [6, 6.07) is 0. The minimum Gasteiger partial charge on any atom is -0.748 e. The first kappa shape index (κ1) is 20.8. The van der Waals surface area contributed by atoms with Gasteiger partial charge in [0.15, 0.2) is 0 Å². The molecule has 1 N–H and O–H groups in total. The first-order valence-corrected chi connectivity index (χ1v) is 7.65. The molecule has 1 atom stereocenters. The predicted molar refractivity (Wildman–Crippen MR) is 63.2 cm³/mol. The Balaban J connectivity index is 0. The molecular weight excluding hydrogens is 267 g/mol. The maximum Gasteiger partial charge on any atom is 1.00 e. The molecule has 98 valence electrons. The molecule has 0 amide bonds. The first-order chi connectivity index (χ1) is 7.45. The van der Waals surface area contributed by atoms with E-state index in [4.69, 9.17) is 0 Å². The number of aliphatic hydroxyl groups is 1. The van der Waals surface area contributed by atoms with E-state index in [1.165, 1.54) is 0 Å². The summed E-state index contributed by atoms with van der Waals surface area (Å²) in [6.45, 7) is 2.05. The molecule has 0 aromatic rings. The van der Waals surface area contributed by atoms with Crippen molar-refractivity contribution in [2.45, 2.75) is 64.4 Å². The number of unbranched alkanes of at least 4 members (excludes halogenated alkanes) is 4. The Morgan fingerprint density at radius 1 is 1.06 bits per heavy atom. The van der Waals surface area contributed by atoms with Gasteiger partial charge in [-0.1, -0.05) is 39.0 Å². The zero-order valence-electron chi connectivity index (χ0n) is 11.0. The average molecular weight is 290 g/mol. The van der Waals surface area contributed by atoms with Gasteiger partial charge < -0.3 is 9.66 Å². The van der Waals surface area contributed by atoms with Crippen LogP contribution >= 0.6 is 0 Å². The zero-order chi connectivity index (χ0) is 12.4. The molecule has 0 aliphatic heterocycles. The topological polar surface area (TPSA) is 77.4 Å². The molecule has 0 bridgehead atoms. The molecule has 0 saturated heterocycles. The molecule has 0 heterocycles. The Hall–Kier alpha value is 1.51. The van der Waals surface area contributed by atoms with E-state index in [2.05, 4.69) is 0 Å². The van der Waals surface area contributed by atoms with Crippen LogP contribution in [0.2, 0.25) is 0 Å². The fraction of sp³-hybridized carbons (Fsp3) is 1.00. The average Bonchev–Trinajstić information content (AvgIpc) is 2.15. The molecule has 0 fully saturated rings. The molecule has 0 aliphatic carbocycles. The number of rotatable bonds is 10. The third-order valence-corrected chi connectivity index (χ3v) is 3.34. The first-order valence-electron chi connectivity index (χ1n) is 6.07. The minimum absolute atomic E-state index is 0. The van der Waals surface area contributed by atoms with Gasteiger partial charge in [0.05, 0.1) is 16.2 Å². The van der Waals surface area contributed by atoms with Crippen molar-refractivity contribution in [1.29, 1.82) is 0 Å². The number of hydrogen-bond donors (Lipinski definition) is 1. The second-order valence-electron chi connectivity index (χ2n) is 4.26. The van der Waals surface area contributed by atoms with E-state index in [1.807, 2.05) is 6.92 Å². The van der Waals surface area contributed by atoms with Gasteiger partial charge in [-0.05, 0) is 19.3 Å². The van der Waals surface area contributed by atoms with Crippen LogP contribution in [0.25, 0.3) is 0 Å². The fourth-order valence-electron chi connectivity index (χ4n) is 1.67. The molecule has 0 rings (SSSR count). The second kappa shape index (κ2) is 12.5. The van der Waals surface area contributed by atoms with Crippen LogP contribution in [0.5, 0.6) is 0 Å². The predicted octanol–water partition coefficient (Wildman–Crippen LogP) is -0.963. The molecule has 0 aromatic carbocycles. The van der Waals surface area contributed by atoms with Gasteiger partial charge in [-0.3, -0.25) is 0 Å². The van der Waals surface area contributed by atoms with Crippen LogP contribution in [-0.2, 0) is 10.1 Å². The van der Waals surface area contributed by atoms with Crippen molar-refractivity contribution in [2.75, 3.05) is 5.75 Å². The second-order valence-corrected chi connectivity index (χ2v) is 5.78. The third kappa shape index (κ3) is 17.5. The van der Waals surface area contributed by atoms with Crippen LogP contribution in [0, 0.1) is 0 Å². The van der Waals surface area contributed by atoms with Crippen LogP contribution in [0.3, 0.4) is 0 Å². The van der Waals surface area contributed by atoms with E-state index in [0.29, 0.717) is 6.42 Å². The van der Waals surface area contributed by atoms with Crippen molar-refractivity contribution in [1.82, 2.24) is 0 Å². The summed E-state index contributed by atoms with van der Waals surface area (Å²) >= 11 is 0. The quantitative estimate of drug-likeness (QED) is 0.319. The third-order valence-electron chi connectivity index (χ3n) is 2.55. The number of aliphatic hydroxyl groups excluding tert-OH is 1. The molecular formula is C11H23KO4S. The summed E-state index contributed by atoms with van der Waals surface area (Å²) in [7, 11) is -4.03. The van der Waals surface area contributed by atoms with Crippen molar-refractivity contribution in [3.63, 3.8) is 0 Å². The van der Waals surface area contributed by atoms with Crippen LogP contribution in [0.4, 0.5) is 0 Å². The standard InChI is InChI=1S/C11H24O4S.K/c1-2-8-11(12)9-6-4-3-5-7-10-16(13,14)15;/h11-12H,2-10H2,1H3,(H,13,14,15);/q;+1/p-1. The van der Waals surface area contributed by atoms with Crippen LogP contribution < -0.4 is 51.4 Å². The smallest absolute Gasteiger partial charge is 0.748 e. The maximum absolute atomic E-state index is 10.3. The summed E-state index contributed by atoms with van der Waals surface area (Å²) in [5, 5.41) is 9.44. The van der Waals surface area contributed by atoms with E-state index in [1.54, 1.807) is 0 Å². The van der Waals surface area contributed by atoms with E-state index in [-0.39, 0.29) is 63.2 Å². The molecule has 17 heavy (non-hydrogen) atoms. The monoisotopic (exact) mass is 290 g/mol. The van der Waals surface area contributed by atoms with Crippen molar-refractivity contribution < 1.29 is 69.5 Å². The largest absolute Gasteiger partial charge is 1.00 e. The van der Waals surface area contributed by atoms with Gasteiger partial charge in [0.1, 0.15) is 0 Å². The summed E-state index contributed by atoms with van der Waals surface area (Å²) in [5.41, 5.74) is 0. The minimum atomic E-state index is -4.03. The Kier molecular flexibility index (Phi) is 15.3. The van der Waals surface area contributed by atoms with Crippen molar-refractivity contribution >= 4 is 10.1 Å². The normalized spacial score (nSPS) is 13.1. The summed E-state index contributed by atoms with van der Waals surface area (Å²) in [6.07, 6.45) is 6.66. The van der Waals surface area contributed by atoms with Crippen molar-refractivity contribution in [2.24, 2.45) is 0 Å². The van der Waals surface area contributed by atoms with Gasteiger partial charge in [-0.2, -0.15) is 0 Å². The van der Waals surface area contributed by atoms with E-state index < -0.39 is 10.1 Å². The van der Waals surface area contributed by atoms with Crippen molar-refractivity contribution in [3.8, 4) is 0 Å². The Labute approximate surface area is 148 Å². The fourth-order valence-corrected chi connectivity index (χ4v) is 2.22. The molecule has 1 unspecified atom stereocenters. The number of hydrogen-bond acceptors (Lipinski definition) is 4. The molecule has 0 aromatic heterocycles. The van der Waals surface area contributed by atoms with E-state index >= 15 is 0 Å². The van der Waals surface area contributed by atoms with Gasteiger partial charge in [0, 0.05) is 5.75 Å².